The number of hydrogen-bond donors (Lipinski definition) is 1. The van der Waals surface area contributed by atoms with Crippen molar-refractivity contribution in [3.63, 3.8) is 0 Å². The molecule has 0 radical (unpaired) electrons. The Morgan fingerprint density at radius 1 is 1.12 bits per heavy atom. The second-order valence-corrected chi connectivity index (χ2v) is 8.19. The van der Waals surface area contributed by atoms with Crippen LogP contribution in [0.3, 0.4) is 0 Å². The molecule has 0 unspecified atom stereocenters. The second-order valence-electron chi connectivity index (χ2n) is 8.19. The summed E-state index contributed by atoms with van der Waals surface area (Å²) in [6.07, 6.45) is -9.87. The molecule has 3 aliphatic heterocycles. The Morgan fingerprint density at radius 3 is 2.48 bits per heavy atom. The number of alkyl halides is 6. The summed E-state index contributed by atoms with van der Waals surface area (Å²) in [6.45, 7) is 1.22. The van der Waals surface area contributed by atoms with Crippen molar-refractivity contribution in [2.75, 3.05) is 39.4 Å². The summed E-state index contributed by atoms with van der Waals surface area (Å²) in [4.78, 5) is 30.6. The van der Waals surface area contributed by atoms with Gasteiger partial charge in [0.1, 0.15) is 6.61 Å². The zero-order valence-electron chi connectivity index (χ0n) is 17.1. The highest BCUT2D eigenvalue weighted by atomic mass is 19.4. The van der Waals surface area contributed by atoms with Crippen molar-refractivity contribution >= 4 is 11.9 Å². The van der Waals surface area contributed by atoms with Crippen molar-refractivity contribution in [1.29, 1.82) is 0 Å². The van der Waals surface area contributed by atoms with Crippen molar-refractivity contribution in [2.45, 2.75) is 30.9 Å². The van der Waals surface area contributed by atoms with Gasteiger partial charge in [-0.3, -0.25) is 4.79 Å². The Balaban J connectivity index is 1.28. The van der Waals surface area contributed by atoms with E-state index >= 15 is 0 Å². The van der Waals surface area contributed by atoms with Gasteiger partial charge in [-0.15, -0.1) is 0 Å². The molecule has 0 bridgehead atoms. The zero-order valence-corrected chi connectivity index (χ0v) is 17.1. The largest absolute Gasteiger partial charge is 0.477 e. The first-order valence-corrected chi connectivity index (χ1v) is 10.1. The molecular weight excluding hydrogens is 462 g/mol. The number of ether oxygens (including phenoxy) is 2. The van der Waals surface area contributed by atoms with Crippen LogP contribution in [0.2, 0.25) is 0 Å². The maximum Gasteiger partial charge on any atom is 0.418 e. The normalized spacial score (nSPS) is 24.1. The van der Waals surface area contributed by atoms with Gasteiger partial charge in [0.15, 0.2) is 0 Å². The molecule has 3 fully saturated rings. The fraction of sp³-hybridized carbons (Fsp3) is 0.632. The molecule has 1 aromatic heterocycles. The van der Waals surface area contributed by atoms with E-state index in [4.69, 9.17) is 9.47 Å². The highest BCUT2D eigenvalue weighted by molar-refractivity contribution is 5.79. The fourth-order valence-electron chi connectivity index (χ4n) is 4.08. The molecule has 33 heavy (non-hydrogen) atoms. The van der Waals surface area contributed by atoms with Crippen LogP contribution in [0.1, 0.15) is 17.5 Å². The third-order valence-corrected chi connectivity index (χ3v) is 5.78. The number of carbonyl (C=O) groups is 2. The van der Waals surface area contributed by atoms with Crippen molar-refractivity contribution < 1.29 is 45.4 Å². The lowest BCUT2D eigenvalue weighted by molar-refractivity contribution is -0.162. The number of fused-ring (bicyclic) bond motifs is 1. The predicted octanol–water partition coefficient (Wildman–Crippen LogP) is 2.14. The van der Waals surface area contributed by atoms with Gasteiger partial charge in [-0.05, 0) is 6.42 Å². The number of nitrogens with one attached hydrogen (secondary N) is 1. The van der Waals surface area contributed by atoms with E-state index in [-0.39, 0.29) is 68.6 Å². The number of hydrogen-bond acceptors (Lipinski definition) is 5. The number of aromatic nitrogens is 1. The Kier molecular flexibility index (Phi) is 6.05. The van der Waals surface area contributed by atoms with Crippen molar-refractivity contribution in [3.8, 4) is 5.88 Å². The average Bonchev–Trinajstić information content (AvgIpc) is 2.70. The second kappa shape index (κ2) is 8.54. The van der Waals surface area contributed by atoms with E-state index in [1.807, 2.05) is 0 Å². The average molecular weight is 482 g/mol. The van der Waals surface area contributed by atoms with Gasteiger partial charge >= 0.3 is 18.4 Å². The van der Waals surface area contributed by atoms with Crippen LogP contribution >= 0.6 is 0 Å². The van der Waals surface area contributed by atoms with E-state index in [2.05, 4.69) is 10.3 Å². The minimum atomic E-state index is -5.22. The Hall–Kier alpha value is -2.77. The van der Waals surface area contributed by atoms with Crippen LogP contribution < -0.4 is 10.1 Å². The van der Waals surface area contributed by atoms with Crippen LogP contribution in [-0.4, -0.2) is 78.3 Å². The first-order chi connectivity index (χ1) is 15.4. The number of urea groups is 1. The third-order valence-electron chi connectivity index (χ3n) is 5.78. The highest BCUT2D eigenvalue weighted by Crippen LogP contribution is 2.41. The summed E-state index contributed by atoms with van der Waals surface area (Å²) in [5.74, 6) is -1.02. The minimum Gasteiger partial charge on any atom is -0.477 e. The first kappa shape index (κ1) is 23.4. The molecule has 4 heterocycles. The molecular formula is C19H20F6N4O4. The summed E-state index contributed by atoms with van der Waals surface area (Å²) in [5, 5.41) is 2.80. The minimum absolute atomic E-state index is 0.00116. The number of nitrogens with zero attached hydrogens (tertiary/aromatic N) is 3. The number of carbonyl (C=O) groups excluding carboxylic acids is 2. The number of morpholine rings is 1. The van der Waals surface area contributed by atoms with E-state index in [0.717, 1.165) is 0 Å². The van der Waals surface area contributed by atoms with Gasteiger partial charge in [-0.25, -0.2) is 9.78 Å². The molecule has 0 saturated carbocycles. The predicted molar refractivity (Wildman–Crippen MR) is 98.1 cm³/mol. The topological polar surface area (TPSA) is 84.0 Å². The monoisotopic (exact) mass is 482 g/mol. The Labute approximate surface area is 183 Å². The van der Waals surface area contributed by atoms with Gasteiger partial charge in [0.05, 0.1) is 29.9 Å². The molecule has 0 aromatic carbocycles. The van der Waals surface area contributed by atoms with E-state index in [1.54, 1.807) is 4.90 Å². The smallest absolute Gasteiger partial charge is 0.418 e. The van der Waals surface area contributed by atoms with Gasteiger partial charge in [-0.2, -0.15) is 26.3 Å². The maximum atomic E-state index is 13.0. The number of amides is 3. The van der Waals surface area contributed by atoms with Crippen LogP contribution in [0.5, 0.6) is 5.88 Å². The van der Waals surface area contributed by atoms with Crippen molar-refractivity contribution in [3.05, 3.63) is 23.4 Å². The number of piperidine rings is 1. The molecule has 0 spiro atoms. The van der Waals surface area contributed by atoms with E-state index in [9.17, 15) is 35.9 Å². The third kappa shape index (κ3) is 5.09. The fourth-order valence-corrected chi connectivity index (χ4v) is 4.08. The molecule has 182 valence electrons. The molecule has 1 N–H and O–H groups in total. The summed E-state index contributed by atoms with van der Waals surface area (Å²) in [5.41, 5.74) is -3.75. The van der Waals surface area contributed by atoms with E-state index < -0.39 is 29.4 Å². The van der Waals surface area contributed by atoms with Gasteiger partial charge in [0.2, 0.25) is 11.8 Å². The van der Waals surface area contributed by atoms with Crippen LogP contribution in [0, 0.1) is 5.92 Å². The molecule has 3 amide bonds. The number of pyridine rings is 1. The molecule has 14 heteroatoms. The summed E-state index contributed by atoms with van der Waals surface area (Å²) < 4.78 is 88.1. The lowest BCUT2D eigenvalue weighted by Crippen LogP contribution is -2.64. The lowest BCUT2D eigenvalue weighted by atomic mass is 9.99. The van der Waals surface area contributed by atoms with Gasteiger partial charge in [-0.1, -0.05) is 0 Å². The van der Waals surface area contributed by atoms with Gasteiger partial charge in [0.25, 0.3) is 0 Å². The van der Waals surface area contributed by atoms with Crippen molar-refractivity contribution in [1.82, 2.24) is 20.1 Å². The molecule has 3 saturated heterocycles. The molecule has 2 atom stereocenters. The number of halogens is 6. The summed E-state index contributed by atoms with van der Waals surface area (Å²) in [7, 11) is 0. The molecule has 8 nitrogen and oxygen atoms in total. The quantitative estimate of drug-likeness (QED) is 0.668. The summed E-state index contributed by atoms with van der Waals surface area (Å²) in [6, 6.07) is -0.288. The lowest BCUT2D eigenvalue weighted by Gasteiger charge is -2.46. The maximum absolute atomic E-state index is 13.0. The Morgan fingerprint density at radius 2 is 1.82 bits per heavy atom. The first-order valence-electron chi connectivity index (χ1n) is 10.1. The van der Waals surface area contributed by atoms with Crippen LogP contribution in [0.15, 0.2) is 12.3 Å². The molecule has 3 aliphatic rings. The van der Waals surface area contributed by atoms with E-state index in [1.165, 1.54) is 4.90 Å². The van der Waals surface area contributed by atoms with Crippen LogP contribution in [0.4, 0.5) is 31.1 Å². The van der Waals surface area contributed by atoms with Crippen LogP contribution in [-0.2, 0) is 21.9 Å². The SMILES string of the molecule is O=C1CO[C@H]2CCN(C(=O)N3CC(COc4cc(C(F)(F)F)c(C(F)(F)F)cn4)C3)C[C@H]2N1. The molecule has 0 aliphatic carbocycles. The molecule has 1 aromatic rings. The summed E-state index contributed by atoms with van der Waals surface area (Å²) >= 11 is 0. The Bertz CT molecular complexity index is 919. The number of likely N-dealkylation sites (tertiary alicyclic amines) is 2. The van der Waals surface area contributed by atoms with Gasteiger partial charge < -0.3 is 24.6 Å². The highest BCUT2D eigenvalue weighted by Gasteiger charge is 2.44. The standard InChI is InChI=1S/C19H20F6N4O4/c20-18(21,22)11-3-16(26-4-12(11)19(23,24)25)33-8-10-5-29(6-10)17(31)28-2-1-14-13(7-28)27-15(30)9-32-14/h3-4,10,13-14H,1-2,5-9H2,(H,27,30)/t13-,14+/m1/s1. The van der Waals surface area contributed by atoms with E-state index in [0.29, 0.717) is 19.5 Å². The zero-order chi connectivity index (χ0) is 24.0. The molecule has 4 rings (SSSR count). The van der Waals surface area contributed by atoms with Crippen LogP contribution in [0.25, 0.3) is 0 Å². The number of rotatable bonds is 3. The van der Waals surface area contributed by atoms with Crippen molar-refractivity contribution in [2.24, 2.45) is 5.92 Å². The van der Waals surface area contributed by atoms with Gasteiger partial charge in [0, 0.05) is 44.4 Å².